The SMILES string of the molecule is CC(CO)CNCc1ccccc1OCc1cccnc1. The van der Waals surface area contributed by atoms with Gasteiger partial charge >= 0.3 is 0 Å². The monoisotopic (exact) mass is 286 g/mol. The van der Waals surface area contributed by atoms with Crippen LogP contribution in [-0.2, 0) is 13.2 Å². The summed E-state index contributed by atoms with van der Waals surface area (Å²) in [5.74, 6) is 1.14. The molecule has 2 rings (SSSR count). The summed E-state index contributed by atoms with van der Waals surface area (Å²) in [6.45, 7) is 4.24. The highest BCUT2D eigenvalue weighted by atomic mass is 16.5. The van der Waals surface area contributed by atoms with Crippen molar-refractivity contribution in [2.45, 2.75) is 20.1 Å². The van der Waals surface area contributed by atoms with E-state index < -0.39 is 0 Å². The van der Waals surface area contributed by atoms with Crippen LogP contribution in [0.15, 0.2) is 48.8 Å². The second-order valence-corrected chi connectivity index (χ2v) is 5.18. The lowest BCUT2D eigenvalue weighted by atomic mass is 10.1. The molecule has 2 N–H and O–H groups in total. The normalized spacial score (nSPS) is 12.1. The minimum absolute atomic E-state index is 0.201. The fraction of sp³-hybridized carbons (Fsp3) is 0.353. The number of nitrogens with one attached hydrogen (secondary N) is 1. The topological polar surface area (TPSA) is 54.4 Å². The predicted octanol–water partition coefficient (Wildman–Crippen LogP) is 2.38. The first-order valence-electron chi connectivity index (χ1n) is 7.20. The highest BCUT2D eigenvalue weighted by molar-refractivity contribution is 5.33. The second-order valence-electron chi connectivity index (χ2n) is 5.18. The summed E-state index contributed by atoms with van der Waals surface area (Å²) in [5.41, 5.74) is 2.17. The van der Waals surface area contributed by atoms with Gasteiger partial charge in [-0.25, -0.2) is 0 Å². The Kier molecular flexibility index (Phi) is 6.19. The third-order valence-corrected chi connectivity index (χ3v) is 3.21. The van der Waals surface area contributed by atoms with Gasteiger partial charge in [0.1, 0.15) is 12.4 Å². The number of nitrogens with zero attached hydrogens (tertiary/aromatic N) is 1. The van der Waals surface area contributed by atoms with Crippen molar-refractivity contribution >= 4 is 0 Å². The zero-order chi connectivity index (χ0) is 14.9. The van der Waals surface area contributed by atoms with Crippen molar-refractivity contribution < 1.29 is 9.84 Å². The van der Waals surface area contributed by atoms with Crippen LogP contribution in [0.25, 0.3) is 0 Å². The average molecular weight is 286 g/mol. The molecular formula is C17H22N2O2. The predicted molar refractivity (Wildman–Crippen MR) is 83.0 cm³/mol. The van der Waals surface area contributed by atoms with Gasteiger partial charge in [0.15, 0.2) is 0 Å². The van der Waals surface area contributed by atoms with Crippen molar-refractivity contribution in [1.29, 1.82) is 0 Å². The number of pyridine rings is 1. The maximum absolute atomic E-state index is 9.03. The Labute approximate surface area is 125 Å². The molecule has 1 aromatic heterocycles. The average Bonchev–Trinajstić information content (AvgIpc) is 2.54. The van der Waals surface area contributed by atoms with Crippen LogP contribution < -0.4 is 10.1 Å². The number of para-hydroxylation sites is 1. The largest absolute Gasteiger partial charge is 0.489 e. The highest BCUT2D eigenvalue weighted by Crippen LogP contribution is 2.19. The first-order chi connectivity index (χ1) is 10.3. The lowest BCUT2D eigenvalue weighted by Gasteiger charge is -2.13. The number of hydrogen-bond donors (Lipinski definition) is 2. The number of aliphatic hydroxyl groups excluding tert-OH is 1. The van der Waals surface area contributed by atoms with Crippen LogP contribution in [0.3, 0.4) is 0 Å². The van der Waals surface area contributed by atoms with Crippen LogP contribution in [0.5, 0.6) is 5.75 Å². The van der Waals surface area contributed by atoms with Gasteiger partial charge in [-0.05, 0) is 18.1 Å². The summed E-state index contributed by atoms with van der Waals surface area (Å²) in [7, 11) is 0. The van der Waals surface area contributed by atoms with Crippen molar-refractivity contribution in [1.82, 2.24) is 10.3 Å². The first kappa shape index (κ1) is 15.5. The van der Waals surface area contributed by atoms with Crippen molar-refractivity contribution in [2.24, 2.45) is 5.92 Å². The Morgan fingerprint density at radius 2 is 2.10 bits per heavy atom. The molecule has 0 amide bonds. The van der Waals surface area contributed by atoms with Crippen LogP contribution in [0.2, 0.25) is 0 Å². The van der Waals surface area contributed by atoms with E-state index in [1.54, 1.807) is 6.20 Å². The second kappa shape index (κ2) is 8.39. The van der Waals surface area contributed by atoms with Gasteiger partial charge in [-0.1, -0.05) is 31.2 Å². The van der Waals surface area contributed by atoms with Crippen molar-refractivity contribution in [3.63, 3.8) is 0 Å². The van der Waals surface area contributed by atoms with Gasteiger partial charge in [0.2, 0.25) is 0 Å². The molecule has 0 saturated carbocycles. The van der Waals surface area contributed by atoms with E-state index in [2.05, 4.69) is 16.4 Å². The number of rotatable bonds is 8. The maximum Gasteiger partial charge on any atom is 0.124 e. The zero-order valence-corrected chi connectivity index (χ0v) is 12.3. The molecule has 0 aliphatic heterocycles. The molecule has 4 nitrogen and oxygen atoms in total. The molecule has 0 radical (unpaired) electrons. The summed E-state index contributed by atoms with van der Waals surface area (Å²) in [5, 5.41) is 12.4. The van der Waals surface area contributed by atoms with E-state index in [1.165, 1.54) is 0 Å². The van der Waals surface area contributed by atoms with Gasteiger partial charge in [0.05, 0.1) is 0 Å². The Bertz CT molecular complexity index is 531. The quantitative estimate of drug-likeness (QED) is 0.782. The van der Waals surface area contributed by atoms with Gasteiger partial charge in [0, 0.05) is 43.2 Å². The number of aliphatic hydroxyl groups is 1. The van der Waals surface area contributed by atoms with E-state index >= 15 is 0 Å². The molecule has 112 valence electrons. The van der Waals surface area contributed by atoms with Gasteiger partial charge < -0.3 is 15.2 Å². The molecule has 1 heterocycles. The molecule has 0 bridgehead atoms. The molecule has 4 heteroatoms. The molecule has 0 fully saturated rings. The van der Waals surface area contributed by atoms with Gasteiger partial charge in [-0.2, -0.15) is 0 Å². The number of aromatic nitrogens is 1. The molecule has 2 aromatic rings. The van der Waals surface area contributed by atoms with E-state index in [1.807, 2.05) is 43.5 Å². The Hall–Kier alpha value is -1.91. The third-order valence-electron chi connectivity index (χ3n) is 3.21. The number of hydrogen-bond acceptors (Lipinski definition) is 4. The van der Waals surface area contributed by atoms with Crippen molar-refractivity contribution in [2.75, 3.05) is 13.2 Å². The van der Waals surface area contributed by atoms with E-state index in [0.717, 1.165) is 30.0 Å². The van der Waals surface area contributed by atoms with Gasteiger partial charge in [-0.3, -0.25) is 4.98 Å². The molecule has 0 saturated heterocycles. The van der Waals surface area contributed by atoms with Crippen LogP contribution in [0, 0.1) is 5.92 Å². The van der Waals surface area contributed by atoms with E-state index in [0.29, 0.717) is 6.61 Å². The standard InChI is InChI=1S/C17H22N2O2/c1-14(12-20)9-19-11-16-6-2-3-7-17(16)21-13-15-5-4-8-18-10-15/h2-8,10,14,19-20H,9,11-13H2,1H3. The highest BCUT2D eigenvalue weighted by Gasteiger charge is 2.05. The third kappa shape index (κ3) is 5.17. The molecule has 21 heavy (non-hydrogen) atoms. The van der Waals surface area contributed by atoms with Crippen molar-refractivity contribution in [3.05, 3.63) is 59.9 Å². The number of benzene rings is 1. The molecule has 1 aromatic carbocycles. The number of ether oxygens (including phenoxy) is 1. The summed E-state index contributed by atoms with van der Waals surface area (Å²) < 4.78 is 5.88. The minimum Gasteiger partial charge on any atom is -0.489 e. The summed E-state index contributed by atoms with van der Waals surface area (Å²) in [4.78, 5) is 4.08. The molecule has 0 aliphatic carbocycles. The molecule has 0 spiro atoms. The fourth-order valence-electron chi connectivity index (χ4n) is 1.95. The van der Waals surface area contributed by atoms with E-state index in [-0.39, 0.29) is 12.5 Å². The fourth-order valence-corrected chi connectivity index (χ4v) is 1.95. The zero-order valence-electron chi connectivity index (χ0n) is 12.3. The van der Waals surface area contributed by atoms with E-state index in [4.69, 9.17) is 9.84 Å². The van der Waals surface area contributed by atoms with Crippen LogP contribution in [0.1, 0.15) is 18.1 Å². The molecular weight excluding hydrogens is 264 g/mol. The Balaban J connectivity index is 1.90. The van der Waals surface area contributed by atoms with Crippen LogP contribution in [0.4, 0.5) is 0 Å². The van der Waals surface area contributed by atoms with Crippen LogP contribution >= 0.6 is 0 Å². The first-order valence-corrected chi connectivity index (χ1v) is 7.20. The summed E-state index contributed by atoms with van der Waals surface area (Å²) in [6, 6.07) is 11.9. The summed E-state index contributed by atoms with van der Waals surface area (Å²) >= 11 is 0. The lowest BCUT2D eigenvalue weighted by molar-refractivity contribution is 0.233. The van der Waals surface area contributed by atoms with Gasteiger partial charge in [-0.15, -0.1) is 0 Å². The molecule has 1 atom stereocenters. The van der Waals surface area contributed by atoms with Gasteiger partial charge in [0.25, 0.3) is 0 Å². The maximum atomic E-state index is 9.03. The molecule has 1 unspecified atom stereocenters. The lowest BCUT2D eigenvalue weighted by Crippen LogP contribution is -2.23. The smallest absolute Gasteiger partial charge is 0.124 e. The molecule has 0 aliphatic rings. The Morgan fingerprint density at radius 3 is 2.86 bits per heavy atom. The van der Waals surface area contributed by atoms with Crippen molar-refractivity contribution in [3.8, 4) is 5.75 Å². The Morgan fingerprint density at radius 1 is 1.24 bits per heavy atom. The van der Waals surface area contributed by atoms with E-state index in [9.17, 15) is 0 Å². The van der Waals surface area contributed by atoms with Crippen LogP contribution in [-0.4, -0.2) is 23.2 Å². The summed E-state index contributed by atoms with van der Waals surface area (Å²) in [6.07, 6.45) is 3.56. The minimum atomic E-state index is 0.201.